The minimum atomic E-state index is -0.494. The van der Waals surface area contributed by atoms with E-state index in [1.165, 1.54) is 16.8 Å². The highest BCUT2D eigenvalue weighted by Gasteiger charge is 2.21. The fourth-order valence-corrected chi connectivity index (χ4v) is 4.07. The van der Waals surface area contributed by atoms with Crippen LogP contribution in [0.15, 0.2) is 42.9 Å². The lowest BCUT2D eigenvalue weighted by molar-refractivity contribution is 0.0932. The second-order valence-electron chi connectivity index (χ2n) is 7.56. The van der Waals surface area contributed by atoms with Gasteiger partial charge in [-0.1, -0.05) is 29.3 Å². The van der Waals surface area contributed by atoms with Gasteiger partial charge in [0.2, 0.25) is 5.88 Å². The van der Waals surface area contributed by atoms with Gasteiger partial charge in [-0.05, 0) is 25.1 Å². The number of benzene rings is 1. The van der Waals surface area contributed by atoms with Gasteiger partial charge in [0.25, 0.3) is 5.91 Å². The van der Waals surface area contributed by atoms with E-state index >= 15 is 0 Å². The van der Waals surface area contributed by atoms with Crippen LogP contribution >= 0.6 is 23.2 Å². The summed E-state index contributed by atoms with van der Waals surface area (Å²) < 4.78 is 21.3. The molecule has 0 saturated heterocycles. The number of nitrogens with one attached hydrogen (secondary N) is 2. The summed E-state index contributed by atoms with van der Waals surface area (Å²) in [4.78, 5) is 21.5. The molecule has 3 aromatic heterocycles. The molecule has 33 heavy (non-hydrogen) atoms. The zero-order valence-corrected chi connectivity index (χ0v) is 18.8. The first-order valence-corrected chi connectivity index (χ1v) is 10.8. The number of aromatic nitrogens is 4. The quantitative estimate of drug-likeness (QED) is 0.415. The zero-order valence-electron chi connectivity index (χ0n) is 17.3. The SMILES string of the molecule is CC1CNC(=O)c2cnn3cc(-c4ccc(Cl)cc4Cl)c(nc23)NCc2cc(F)cnc2O1. The number of anilines is 1. The molecule has 2 bridgehead atoms. The summed E-state index contributed by atoms with van der Waals surface area (Å²) >= 11 is 12.5. The van der Waals surface area contributed by atoms with Gasteiger partial charge in [-0.3, -0.25) is 4.79 Å². The fourth-order valence-electron chi connectivity index (χ4n) is 3.56. The van der Waals surface area contributed by atoms with Crippen LogP contribution in [0.3, 0.4) is 0 Å². The minimum Gasteiger partial charge on any atom is -0.473 e. The van der Waals surface area contributed by atoms with Gasteiger partial charge in [0.05, 0.1) is 24.0 Å². The van der Waals surface area contributed by atoms with Crippen molar-refractivity contribution in [3.63, 3.8) is 0 Å². The van der Waals surface area contributed by atoms with Crippen LogP contribution in [0.5, 0.6) is 5.88 Å². The number of nitrogens with zero attached hydrogens (tertiary/aromatic N) is 4. The molecule has 0 spiro atoms. The third kappa shape index (κ3) is 4.17. The molecule has 11 heteroatoms. The van der Waals surface area contributed by atoms with Crippen molar-refractivity contribution in [2.45, 2.75) is 19.6 Å². The van der Waals surface area contributed by atoms with Gasteiger partial charge in [-0.15, -0.1) is 0 Å². The number of carbonyl (C=O) groups excluding carboxylic acids is 1. The Balaban J connectivity index is 1.68. The van der Waals surface area contributed by atoms with Crippen LogP contribution in [0, 0.1) is 5.82 Å². The van der Waals surface area contributed by atoms with Gasteiger partial charge < -0.3 is 15.4 Å². The second kappa shape index (κ2) is 8.49. The smallest absolute Gasteiger partial charge is 0.256 e. The van der Waals surface area contributed by atoms with Crippen molar-refractivity contribution in [1.82, 2.24) is 24.9 Å². The maximum Gasteiger partial charge on any atom is 0.256 e. The average Bonchev–Trinajstić information content (AvgIpc) is 3.19. The van der Waals surface area contributed by atoms with Crippen molar-refractivity contribution >= 4 is 40.6 Å². The monoisotopic (exact) mass is 486 g/mol. The van der Waals surface area contributed by atoms with Crippen LogP contribution in [0.4, 0.5) is 10.2 Å². The van der Waals surface area contributed by atoms with Gasteiger partial charge in [0.15, 0.2) is 5.65 Å². The molecule has 1 atom stereocenters. The van der Waals surface area contributed by atoms with Gasteiger partial charge in [-0.25, -0.2) is 18.9 Å². The fraction of sp³-hybridized carbons (Fsp3) is 0.182. The van der Waals surface area contributed by atoms with Crippen molar-refractivity contribution in [2.75, 3.05) is 11.9 Å². The Hall–Kier alpha value is -3.43. The first-order chi connectivity index (χ1) is 15.9. The lowest BCUT2D eigenvalue weighted by Crippen LogP contribution is -2.33. The van der Waals surface area contributed by atoms with E-state index in [9.17, 15) is 9.18 Å². The Bertz CT molecular complexity index is 1390. The third-order valence-electron chi connectivity index (χ3n) is 5.16. The molecule has 1 amide bonds. The Morgan fingerprint density at radius 1 is 1.15 bits per heavy atom. The van der Waals surface area contributed by atoms with Gasteiger partial charge in [-0.2, -0.15) is 5.10 Å². The molecule has 1 unspecified atom stereocenters. The first-order valence-electron chi connectivity index (χ1n) is 10.1. The Kier molecular flexibility index (Phi) is 5.51. The number of amides is 1. The number of fused-ring (bicyclic) bond motifs is 2. The molecular formula is C22H17Cl2FN6O2. The number of pyridine rings is 1. The van der Waals surface area contributed by atoms with E-state index in [1.807, 2.05) is 0 Å². The van der Waals surface area contributed by atoms with Crippen LogP contribution in [0.1, 0.15) is 22.8 Å². The molecule has 168 valence electrons. The second-order valence-corrected chi connectivity index (χ2v) is 8.41. The topological polar surface area (TPSA) is 93.4 Å². The number of ether oxygens (including phenoxy) is 1. The normalized spacial score (nSPS) is 16.1. The highest BCUT2D eigenvalue weighted by Crippen LogP contribution is 2.35. The summed E-state index contributed by atoms with van der Waals surface area (Å²) in [6.45, 7) is 2.17. The van der Waals surface area contributed by atoms with Gasteiger partial charge in [0, 0.05) is 34.5 Å². The largest absolute Gasteiger partial charge is 0.473 e. The van der Waals surface area contributed by atoms with Crippen LogP contribution in [0.25, 0.3) is 16.8 Å². The van der Waals surface area contributed by atoms with E-state index in [0.717, 1.165) is 6.20 Å². The molecule has 0 fully saturated rings. The number of hydrogen-bond donors (Lipinski definition) is 2. The zero-order chi connectivity index (χ0) is 23.1. The average molecular weight is 487 g/mol. The molecule has 2 N–H and O–H groups in total. The van der Waals surface area contributed by atoms with Crippen molar-refractivity contribution in [3.8, 4) is 17.0 Å². The molecule has 8 nitrogen and oxygen atoms in total. The molecule has 1 aromatic carbocycles. The molecule has 4 heterocycles. The van der Waals surface area contributed by atoms with E-state index in [0.29, 0.717) is 43.8 Å². The Morgan fingerprint density at radius 3 is 2.82 bits per heavy atom. The molecule has 0 aliphatic carbocycles. The molecule has 5 rings (SSSR count). The van der Waals surface area contributed by atoms with Crippen molar-refractivity contribution in [2.24, 2.45) is 0 Å². The summed E-state index contributed by atoms with van der Waals surface area (Å²) in [6, 6.07) is 6.45. The van der Waals surface area contributed by atoms with Crippen molar-refractivity contribution < 1.29 is 13.9 Å². The number of rotatable bonds is 1. The van der Waals surface area contributed by atoms with Gasteiger partial charge >= 0.3 is 0 Å². The minimum absolute atomic E-state index is 0.166. The van der Waals surface area contributed by atoms with E-state index in [1.54, 1.807) is 31.3 Å². The summed E-state index contributed by atoms with van der Waals surface area (Å²) in [5.74, 6) is -0.154. The van der Waals surface area contributed by atoms with Crippen LogP contribution < -0.4 is 15.4 Å². The van der Waals surface area contributed by atoms with Gasteiger partial charge in [0.1, 0.15) is 23.3 Å². The van der Waals surface area contributed by atoms with Crippen molar-refractivity contribution in [3.05, 3.63) is 69.8 Å². The lowest BCUT2D eigenvalue weighted by Gasteiger charge is -2.17. The Labute approximate surface area is 197 Å². The first kappa shape index (κ1) is 21.4. The lowest BCUT2D eigenvalue weighted by atomic mass is 10.1. The molecule has 4 aromatic rings. The van der Waals surface area contributed by atoms with E-state index in [-0.39, 0.29) is 24.9 Å². The number of carbonyl (C=O) groups is 1. The summed E-state index contributed by atoms with van der Waals surface area (Å²) in [5, 5.41) is 11.2. The van der Waals surface area contributed by atoms with Crippen LogP contribution in [-0.4, -0.2) is 38.1 Å². The highest BCUT2D eigenvalue weighted by molar-refractivity contribution is 6.36. The summed E-state index contributed by atoms with van der Waals surface area (Å²) in [5.41, 5.74) is 2.44. The molecule has 0 saturated carbocycles. The third-order valence-corrected chi connectivity index (χ3v) is 5.71. The molecule has 1 aliphatic rings. The maximum atomic E-state index is 14.0. The van der Waals surface area contributed by atoms with E-state index in [2.05, 4.69) is 25.7 Å². The van der Waals surface area contributed by atoms with Crippen molar-refractivity contribution in [1.29, 1.82) is 0 Å². The highest BCUT2D eigenvalue weighted by atomic mass is 35.5. The molecular weight excluding hydrogens is 470 g/mol. The standard InChI is InChI=1S/C22H17Cl2FN6O2/c1-11-6-27-21(32)16-9-29-31-10-17(15-3-2-13(23)5-18(15)24)19(30-20(16)31)26-7-12-4-14(25)8-28-22(12)33-11/h2-5,8-11H,6-7H2,1H3,(H,26,30)(H,27,32). The maximum absolute atomic E-state index is 14.0. The molecule has 0 radical (unpaired) electrons. The van der Waals surface area contributed by atoms with Crippen LogP contribution in [-0.2, 0) is 6.54 Å². The van der Waals surface area contributed by atoms with Crippen LogP contribution in [0.2, 0.25) is 10.0 Å². The predicted octanol–water partition coefficient (Wildman–Crippen LogP) is 4.36. The molecule has 1 aliphatic heterocycles. The van der Waals surface area contributed by atoms with E-state index < -0.39 is 11.9 Å². The number of hydrogen-bond acceptors (Lipinski definition) is 6. The summed E-state index contributed by atoms with van der Waals surface area (Å²) in [7, 11) is 0. The number of halogens is 3. The van der Waals surface area contributed by atoms with E-state index in [4.69, 9.17) is 27.9 Å². The summed E-state index contributed by atoms with van der Waals surface area (Å²) in [6.07, 6.45) is 3.85. The predicted molar refractivity (Wildman–Crippen MR) is 122 cm³/mol. The Morgan fingerprint density at radius 2 is 2.00 bits per heavy atom.